The highest BCUT2D eigenvalue weighted by molar-refractivity contribution is 5.45. The summed E-state index contributed by atoms with van der Waals surface area (Å²) >= 11 is 0. The van der Waals surface area contributed by atoms with Crippen molar-refractivity contribution < 1.29 is 14.1 Å². The zero-order valence-corrected chi connectivity index (χ0v) is 11.4. The van der Waals surface area contributed by atoms with Crippen molar-refractivity contribution in [3.63, 3.8) is 0 Å². The average molecular weight is 283 g/mol. The minimum absolute atomic E-state index is 0.103. The summed E-state index contributed by atoms with van der Waals surface area (Å²) in [4.78, 5) is 12.4. The molecule has 0 saturated carbocycles. The molecule has 0 aromatic heterocycles. The van der Waals surface area contributed by atoms with Crippen LogP contribution in [0.3, 0.4) is 0 Å². The molecule has 1 aromatic carbocycles. The second-order valence-electron chi connectivity index (χ2n) is 4.72. The average Bonchev–Trinajstić information content (AvgIpc) is 2.45. The summed E-state index contributed by atoms with van der Waals surface area (Å²) in [6, 6.07) is 2.29. The predicted molar refractivity (Wildman–Crippen MR) is 72.6 cm³/mol. The smallest absolute Gasteiger partial charge is 0.272 e. The fourth-order valence-corrected chi connectivity index (χ4v) is 2.37. The zero-order valence-electron chi connectivity index (χ0n) is 11.4. The van der Waals surface area contributed by atoms with E-state index in [4.69, 9.17) is 4.74 Å². The number of nitrogens with one attached hydrogen (secondary N) is 1. The van der Waals surface area contributed by atoms with Gasteiger partial charge in [-0.05, 0) is 6.42 Å². The molecule has 0 radical (unpaired) electrons. The molecule has 1 fully saturated rings. The lowest BCUT2D eigenvalue weighted by molar-refractivity contribution is -0.385. The molecule has 0 amide bonds. The topological polar surface area (TPSA) is 67.6 Å². The van der Waals surface area contributed by atoms with Crippen LogP contribution in [0.4, 0.5) is 10.1 Å². The molecule has 0 unspecified atom stereocenters. The Morgan fingerprint density at radius 3 is 2.75 bits per heavy atom. The van der Waals surface area contributed by atoms with Gasteiger partial charge in [0.05, 0.1) is 18.1 Å². The number of nitrogens with zero attached hydrogens (tertiary/aromatic N) is 2. The SMILES string of the molecule is COc1c(F)cc([N+](=O)[O-])cc1CCN1CCNCC1. The summed E-state index contributed by atoms with van der Waals surface area (Å²) in [6.45, 7) is 4.46. The fourth-order valence-electron chi connectivity index (χ4n) is 2.37. The van der Waals surface area contributed by atoms with Gasteiger partial charge in [0.1, 0.15) is 0 Å². The van der Waals surface area contributed by atoms with Gasteiger partial charge in [-0.15, -0.1) is 0 Å². The Morgan fingerprint density at radius 2 is 2.15 bits per heavy atom. The lowest BCUT2D eigenvalue weighted by Crippen LogP contribution is -2.44. The monoisotopic (exact) mass is 283 g/mol. The van der Waals surface area contributed by atoms with Crippen molar-refractivity contribution in [1.29, 1.82) is 0 Å². The predicted octanol–water partition coefficient (Wildman–Crippen LogP) is 1.19. The molecule has 0 spiro atoms. The minimum atomic E-state index is -0.683. The van der Waals surface area contributed by atoms with E-state index < -0.39 is 10.7 Å². The molecule has 0 bridgehead atoms. The summed E-state index contributed by atoms with van der Waals surface area (Å²) in [6.07, 6.45) is 0.530. The number of hydrogen-bond donors (Lipinski definition) is 1. The van der Waals surface area contributed by atoms with Crippen LogP contribution in [-0.2, 0) is 6.42 Å². The number of piperazine rings is 1. The summed E-state index contributed by atoms with van der Waals surface area (Å²) in [5.74, 6) is -0.581. The first-order chi connectivity index (χ1) is 9.61. The van der Waals surface area contributed by atoms with Crippen molar-refractivity contribution in [2.45, 2.75) is 6.42 Å². The van der Waals surface area contributed by atoms with Crippen molar-refractivity contribution in [3.05, 3.63) is 33.6 Å². The number of nitro benzene ring substituents is 1. The first kappa shape index (κ1) is 14.7. The first-order valence-electron chi connectivity index (χ1n) is 6.55. The van der Waals surface area contributed by atoms with E-state index in [0.29, 0.717) is 12.0 Å². The van der Waals surface area contributed by atoms with Crippen molar-refractivity contribution in [3.8, 4) is 5.75 Å². The molecular formula is C13H18FN3O3. The van der Waals surface area contributed by atoms with E-state index in [1.165, 1.54) is 13.2 Å². The van der Waals surface area contributed by atoms with Crippen LogP contribution < -0.4 is 10.1 Å². The molecule has 0 atom stereocenters. The molecular weight excluding hydrogens is 265 g/mol. The lowest BCUT2D eigenvalue weighted by atomic mass is 10.1. The molecule has 0 aliphatic carbocycles. The number of rotatable bonds is 5. The Morgan fingerprint density at radius 1 is 1.45 bits per heavy atom. The molecule has 1 saturated heterocycles. The Balaban J connectivity index is 2.13. The lowest BCUT2D eigenvalue weighted by Gasteiger charge is -2.27. The van der Waals surface area contributed by atoms with Gasteiger partial charge in [-0.3, -0.25) is 10.1 Å². The zero-order chi connectivity index (χ0) is 14.5. The van der Waals surface area contributed by atoms with Gasteiger partial charge in [-0.1, -0.05) is 0 Å². The third-order valence-corrected chi connectivity index (χ3v) is 3.43. The summed E-state index contributed by atoms with van der Waals surface area (Å²) in [7, 11) is 1.37. The summed E-state index contributed by atoms with van der Waals surface area (Å²) in [5, 5.41) is 14.0. The van der Waals surface area contributed by atoms with Gasteiger partial charge in [-0.2, -0.15) is 0 Å². The first-order valence-corrected chi connectivity index (χ1v) is 6.55. The fraction of sp³-hybridized carbons (Fsp3) is 0.538. The number of non-ortho nitro benzene ring substituents is 1. The number of hydrogen-bond acceptors (Lipinski definition) is 5. The van der Waals surface area contributed by atoms with E-state index in [9.17, 15) is 14.5 Å². The Hall–Kier alpha value is -1.73. The van der Waals surface area contributed by atoms with Gasteiger partial charge in [0.2, 0.25) is 0 Å². The number of benzene rings is 1. The van der Waals surface area contributed by atoms with E-state index >= 15 is 0 Å². The third-order valence-electron chi connectivity index (χ3n) is 3.43. The number of halogens is 1. The van der Waals surface area contributed by atoms with Crippen molar-refractivity contribution >= 4 is 5.69 Å². The third kappa shape index (κ3) is 3.43. The largest absolute Gasteiger partial charge is 0.493 e. The van der Waals surface area contributed by atoms with Gasteiger partial charge in [-0.25, -0.2) is 4.39 Å². The maximum atomic E-state index is 13.8. The highest BCUT2D eigenvalue weighted by atomic mass is 19.1. The molecule has 7 heteroatoms. The highest BCUT2D eigenvalue weighted by Gasteiger charge is 2.18. The normalized spacial score (nSPS) is 16.1. The number of nitro groups is 1. The van der Waals surface area contributed by atoms with Gasteiger partial charge >= 0.3 is 0 Å². The van der Waals surface area contributed by atoms with Crippen LogP contribution in [0.2, 0.25) is 0 Å². The van der Waals surface area contributed by atoms with E-state index in [1.54, 1.807) is 0 Å². The highest BCUT2D eigenvalue weighted by Crippen LogP contribution is 2.28. The van der Waals surface area contributed by atoms with Crippen LogP contribution in [-0.4, -0.2) is 49.7 Å². The van der Waals surface area contributed by atoms with Crippen LogP contribution in [0.5, 0.6) is 5.75 Å². The van der Waals surface area contributed by atoms with Crippen LogP contribution in [0.15, 0.2) is 12.1 Å². The van der Waals surface area contributed by atoms with Crippen molar-refractivity contribution in [2.24, 2.45) is 0 Å². The Labute approximate surface area is 116 Å². The van der Waals surface area contributed by atoms with Crippen LogP contribution in [0.1, 0.15) is 5.56 Å². The number of methoxy groups -OCH3 is 1. The standard InChI is InChI=1S/C13H18FN3O3/c1-20-13-10(2-5-16-6-3-15-4-7-16)8-11(17(18)19)9-12(13)14/h8-9,15H,2-7H2,1H3. The van der Waals surface area contributed by atoms with Gasteiger partial charge in [0.15, 0.2) is 11.6 Å². The quantitative estimate of drug-likeness (QED) is 0.649. The molecule has 6 nitrogen and oxygen atoms in total. The van der Waals surface area contributed by atoms with Crippen molar-refractivity contribution in [2.75, 3.05) is 39.8 Å². The maximum absolute atomic E-state index is 13.8. The minimum Gasteiger partial charge on any atom is -0.493 e. The molecule has 1 aromatic rings. The van der Waals surface area contributed by atoms with E-state index in [2.05, 4.69) is 10.2 Å². The van der Waals surface area contributed by atoms with E-state index in [-0.39, 0.29) is 11.4 Å². The van der Waals surface area contributed by atoms with E-state index in [0.717, 1.165) is 38.8 Å². The molecule has 20 heavy (non-hydrogen) atoms. The van der Waals surface area contributed by atoms with Gasteiger partial charge in [0, 0.05) is 44.4 Å². The van der Waals surface area contributed by atoms with Crippen LogP contribution >= 0.6 is 0 Å². The van der Waals surface area contributed by atoms with Gasteiger partial charge < -0.3 is 15.0 Å². The summed E-state index contributed by atoms with van der Waals surface area (Å²) in [5.41, 5.74) is 0.302. The molecule has 1 N–H and O–H groups in total. The van der Waals surface area contributed by atoms with Crippen molar-refractivity contribution in [1.82, 2.24) is 10.2 Å². The Kier molecular flexibility index (Phi) is 4.86. The number of ether oxygens (including phenoxy) is 1. The van der Waals surface area contributed by atoms with Crippen LogP contribution in [0.25, 0.3) is 0 Å². The second-order valence-corrected chi connectivity index (χ2v) is 4.72. The molecule has 1 aliphatic rings. The van der Waals surface area contributed by atoms with Gasteiger partial charge in [0.25, 0.3) is 5.69 Å². The van der Waals surface area contributed by atoms with E-state index in [1.807, 2.05) is 0 Å². The molecule has 110 valence electrons. The molecule has 2 rings (SSSR count). The maximum Gasteiger partial charge on any atom is 0.272 e. The Bertz CT molecular complexity index is 490. The summed E-state index contributed by atoms with van der Waals surface area (Å²) < 4.78 is 18.8. The second kappa shape index (κ2) is 6.62. The molecule has 1 heterocycles. The molecule has 1 aliphatic heterocycles. The van der Waals surface area contributed by atoms with Crippen LogP contribution in [0, 0.1) is 15.9 Å².